The lowest BCUT2D eigenvalue weighted by Gasteiger charge is -2.11. The first-order valence-corrected chi connectivity index (χ1v) is 9.79. The molecule has 1 heterocycles. The number of rotatable bonds is 5. The summed E-state index contributed by atoms with van der Waals surface area (Å²) in [5.74, 6) is 0.374. The Balaban J connectivity index is 2.44. The topological polar surface area (TPSA) is 64.0 Å². The first-order valence-electron chi connectivity index (χ1n) is 7.13. The van der Waals surface area contributed by atoms with Crippen molar-refractivity contribution in [1.29, 1.82) is 0 Å². The number of sulfonamides is 1. The summed E-state index contributed by atoms with van der Waals surface area (Å²) in [5, 5.41) is 4.81. The van der Waals surface area contributed by atoms with E-state index in [4.69, 9.17) is 11.6 Å². The van der Waals surface area contributed by atoms with Crippen molar-refractivity contribution in [3.63, 3.8) is 0 Å². The van der Waals surface area contributed by atoms with Crippen LogP contribution in [0.5, 0.6) is 0 Å². The molecule has 2 rings (SSSR count). The largest absolute Gasteiger partial charge is 0.278 e. The maximum atomic E-state index is 12.8. The van der Waals surface area contributed by atoms with Gasteiger partial charge < -0.3 is 0 Å². The standard InChI is InChI=1S/C15H19BrClN3O2S/c1-9(2)8-20-11(4)15(10(3)18-20)23(21,22)19-14-7-12(17)5-6-13(14)16/h5-7,9,19H,8H2,1-4H3. The Labute approximate surface area is 150 Å². The summed E-state index contributed by atoms with van der Waals surface area (Å²) in [6.45, 7) is 8.26. The van der Waals surface area contributed by atoms with Crippen LogP contribution in [0.1, 0.15) is 25.2 Å². The van der Waals surface area contributed by atoms with Gasteiger partial charge in [0.2, 0.25) is 0 Å². The third-order valence-electron chi connectivity index (χ3n) is 3.29. The number of nitrogens with one attached hydrogen (secondary N) is 1. The maximum absolute atomic E-state index is 12.8. The van der Waals surface area contributed by atoms with Crippen molar-refractivity contribution in [2.24, 2.45) is 5.92 Å². The summed E-state index contributed by atoms with van der Waals surface area (Å²) in [4.78, 5) is 0.213. The van der Waals surface area contributed by atoms with Crippen molar-refractivity contribution < 1.29 is 8.42 Å². The van der Waals surface area contributed by atoms with E-state index in [0.717, 1.165) is 0 Å². The molecule has 0 radical (unpaired) electrons. The zero-order chi connectivity index (χ0) is 17.4. The minimum atomic E-state index is -3.75. The van der Waals surface area contributed by atoms with Gasteiger partial charge in [-0.2, -0.15) is 5.10 Å². The molecule has 1 aromatic heterocycles. The lowest BCUT2D eigenvalue weighted by atomic mass is 10.2. The van der Waals surface area contributed by atoms with Gasteiger partial charge in [-0.3, -0.25) is 9.40 Å². The summed E-state index contributed by atoms with van der Waals surface area (Å²) >= 11 is 9.27. The molecule has 0 fully saturated rings. The normalized spacial score (nSPS) is 12.0. The predicted molar refractivity (Wildman–Crippen MR) is 96.5 cm³/mol. The van der Waals surface area contributed by atoms with E-state index in [1.807, 2.05) is 0 Å². The van der Waals surface area contributed by atoms with E-state index in [0.29, 0.717) is 39.0 Å². The Morgan fingerprint density at radius 2 is 2.00 bits per heavy atom. The fraction of sp³-hybridized carbons (Fsp3) is 0.400. The minimum Gasteiger partial charge on any atom is -0.278 e. The molecule has 23 heavy (non-hydrogen) atoms. The SMILES string of the molecule is Cc1nn(CC(C)C)c(C)c1S(=O)(=O)Nc1cc(Cl)ccc1Br. The smallest absolute Gasteiger partial charge is 0.265 e. The molecule has 0 amide bonds. The van der Waals surface area contributed by atoms with E-state index in [-0.39, 0.29) is 4.90 Å². The first kappa shape index (κ1) is 18.3. The van der Waals surface area contributed by atoms with Crippen LogP contribution in [0.25, 0.3) is 0 Å². The molecular weight excluding hydrogens is 402 g/mol. The monoisotopic (exact) mass is 419 g/mol. The highest BCUT2D eigenvalue weighted by Crippen LogP contribution is 2.29. The lowest BCUT2D eigenvalue weighted by Crippen LogP contribution is -2.16. The summed E-state index contributed by atoms with van der Waals surface area (Å²) in [7, 11) is -3.75. The van der Waals surface area contributed by atoms with Crippen molar-refractivity contribution in [1.82, 2.24) is 9.78 Å². The van der Waals surface area contributed by atoms with Crippen molar-refractivity contribution >= 4 is 43.2 Å². The van der Waals surface area contributed by atoms with Crippen LogP contribution in [0.4, 0.5) is 5.69 Å². The number of aryl methyl sites for hydroxylation is 1. The summed E-state index contributed by atoms with van der Waals surface area (Å²) in [6.07, 6.45) is 0. The average Bonchev–Trinajstić information content (AvgIpc) is 2.68. The Kier molecular flexibility index (Phi) is 5.43. The molecule has 0 aliphatic carbocycles. The van der Waals surface area contributed by atoms with Gasteiger partial charge in [-0.05, 0) is 53.9 Å². The fourth-order valence-corrected chi connectivity index (χ4v) is 4.50. The number of halogens is 2. The molecular formula is C15H19BrClN3O2S. The number of hydrogen-bond acceptors (Lipinski definition) is 3. The predicted octanol–water partition coefficient (Wildman–Crippen LogP) is 4.37. The highest BCUT2D eigenvalue weighted by Gasteiger charge is 2.25. The van der Waals surface area contributed by atoms with Crippen LogP contribution in [0.3, 0.4) is 0 Å². The second-order valence-corrected chi connectivity index (χ2v) is 8.72. The summed E-state index contributed by atoms with van der Waals surface area (Å²) in [5.41, 5.74) is 1.50. The van der Waals surface area contributed by atoms with Gasteiger partial charge >= 0.3 is 0 Å². The van der Waals surface area contributed by atoms with E-state index in [1.54, 1.807) is 36.7 Å². The number of hydrogen-bond donors (Lipinski definition) is 1. The van der Waals surface area contributed by atoms with Gasteiger partial charge in [0.15, 0.2) is 0 Å². The number of anilines is 1. The van der Waals surface area contributed by atoms with Gasteiger partial charge in [0.25, 0.3) is 10.0 Å². The zero-order valence-electron chi connectivity index (χ0n) is 13.4. The Hall–Kier alpha value is -1.05. The van der Waals surface area contributed by atoms with Crippen LogP contribution >= 0.6 is 27.5 Å². The number of aromatic nitrogens is 2. The van der Waals surface area contributed by atoms with Gasteiger partial charge in [-0.25, -0.2) is 8.42 Å². The van der Waals surface area contributed by atoms with E-state index in [1.165, 1.54) is 0 Å². The van der Waals surface area contributed by atoms with Crippen LogP contribution < -0.4 is 4.72 Å². The Morgan fingerprint density at radius 1 is 1.35 bits per heavy atom. The van der Waals surface area contributed by atoms with Crippen LogP contribution in [0.15, 0.2) is 27.6 Å². The molecule has 0 aliphatic heterocycles. The third kappa shape index (κ3) is 4.08. The summed E-state index contributed by atoms with van der Waals surface area (Å²) < 4.78 is 30.5. The Bertz CT molecular complexity index is 831. The van der Waals surface area contributed by atoms with Gasteiger partial charge in [0, 0.05) is 16.0 Å². The molecule has 0 saturated carbocycles. The molecule has 8 heteroatoms. The van der Waals surface area contributed by atoms with Crippen LogP contribution in [-0.4, -0.2) is 18.2 Å². The minimum absolute atomic E-state index is 0.213. The van der Waals surface area contributed by atoms with Crippen molar-refractivity contribution in [3.8, 4) is 0 Å². The van der Waals surface area contributed by atoms with E-state index in [2.05, 4.69) is 39.6 Å². The summed E-state index contributed by atoms with van der Waals surface area (Å²) in [6, 6.07) is 4.94. The van der Waals surface area contributed by atoms with E-state index < -0.39 is 10.0 Å². The van der Waals surface area contributed by atoms with Gasteiger partial charge in [-0.1, -0.05) is 25.4 Å². The molecule has 0 spiro atoms. The van der Waals surface area contributed by atoms with Crippen molar-refractivity contribution in [3.05, 3.63) is 39.1 Å². The highest BCUT2D eigenvalue weighted by atomic mass is 79.9. The van der Waals surface area contributed by atoms with E-state index >= 15 is 0 Å². The average molecular weight is 421 g/mol. The molecule has 0 saturated heterocycles. The second kappa shape index (κ2) is 6.83. The van der Waals surface area contributed by atoms with Crippen LogP contribution in [0, 0.1) is 19.8 Å². The number of benzene rings is 1. The zero-order valence-corrected chi connectivity index (χ0v) is 16.6. The fourth-order valence-electron chi connectivity index (χ4n) is 2.36. The van der Waals surface area contributed by atoms with Gasteiger partial charge in [0.1, 0.15) is 4.90 Å². The molecule has 0 unspecified atom stereocenters. The first-order chi connectivity index (χ1) is 10.6. The van der Waals surface area contributed by atoms with E-state index in [9.17, 15) is 8.42 Å². The van der Waals surface area contributed by atoms with Crippen LogP contribution in [0.2, 0.25) is 5.02 Å². The van der Waals surface area contributed by atoms with Crippen molar-refractivity contribution in [2.45, 2.75) is 39.1 Å². The molecule has 1 N–H and O–H groups in total. The second-order valence-electron chi connectivity index (χ2n) is 5.81. The number of nitrogens with zero attached hydrogens (tertiary/aromatic N) is 2. The highest BCUT2D eigenvalue weighted by molar-refractivity contribution is 9.10. The van der Waals surface area contributed by atoms with Crippen LogP contribution in [-0.2, 0) is 16.6 Å². The molecule has 5 nitrogen and oxygen atoms in total. The maximum Gasteiger partial charge on any atom is 0.265 e. The molecule has 1 aromatic carbocycles. The van der Waals surface area contributed by atoms with Gasteiger partial charge in [0.05, 0.1) is 17.1 Å². The third-order valence-corrected chi connectivity index (χ3v) is 5.84. The van der Waals surface area contributed by atoms with Crippen molar-refractivity contribution in [2.75, 3.05) is 4.72 Å². The molecule has 0 atom stereocenters. The van der Waals surface area contributed by atoms with Gasteiger partial charge in [-0.15, -0.1) is 0 Å². The lowest BCUT2D eigenvalue weighted by molar-refractivity contribution is 0.472. The molecule has 126 valence electrons. The Morgan fingerprint density at radius 3 is 2.61 bits per heavy atom. The molecule has 0 aliphatic rings. The quantitative estimate of drug-likeness (QED) is 0.781. The molecule has 2 aromatic rings. The molecule has 0 bridgehead atoms.